The number of hydrogen-bond acceptors (Lipinski definition) is 5. The summed E-state index contributed by atoms with van der Waals surface area (Å²) in [6.45, 7) is 9.77. The monoisotopic (exact) mass is 487 g/mol. The summed E-state index contributed by atoms with van der Waals surface area (Å²) in [6.07, 6.45) is 5.56. The molecule has 2 aliphatic heterocycles. The third-order valence-electron chi connectivity index (χ3n) is 4.56. The van der Waals surface area contributed by atoms with Crippen molar-refractivity contribution in [3.63, 3.8) is 0 Å². The minimum absolute atomic E-state index is 0. The van der Waals surface area contributed by atoms with Gasteiger partial charge in [-0.15, -0.1) is 24.0 Å². The number of hydrogen-bond donors (Lipinski definition) is 2. The SMILES string of the molecule is CCNC(=NCC1(SC)CCOCC1)NC(C)COC1CCOC1.I. The fourth-order valence-corrected chi connectivity index (χ4v) is 3.68. The maximum atomic E-state index is 5.89. The molecule has 2 aliphatic rings. The van der Waals surface area contributed by atoms with Crippen molar-refractivity contribution in [3.8, 4) is 0 Å². The molecule has 8 heteroatoms. The van der Waals surface area contributed by atoms with Gasteiger partial charge < -0.3 is 24.8 Å². The van der Waals surface area contributed by atoms with Gasteiger partial charge in [0.15, 0.2) is 5.96 Å². The molecule has 0 radical (unpaired) electrons. The molecule has 2 fully saturated rings. The van der Waals surface area contributed by atoms with Gasteiger partial charge in [-0.2, -0.15) is 11.8 Å². The summed E-state index contributed by atoms with van der Waals surface area (Å²) in [5.74, 6) is 0.871. The van der Waals surface area contributed by atoms with Crippen molar-refractivity contribution in [2.75, 3.05) is 52.4 Å². The average Bonchev–Trinajstić information content (AvgIpc) is 3.12. The van der Waals surface area contributed by atoms with Crippen LogP contribution < -0.4 is 10.6 Å². The van der Waals surface area contributed by atoms with Gasteiger partial charge >= 0.3 is 0 Å². The summed E-state index contributed by atoms with van der Waals surface area (Å²) in [5.41, 5.74) is 0. The lowest BCUT2D eigenvalue weighted by Gasteiger charge is -2.34. The first kappa shape index (κ1) is 23.3. The fourth-order valence-electron chi connectivity index (χ4n) is 2.91. The smallest absolute Gasteiger partial charge is 0.191 e. The highest BCUT2D eigenvalue weighted by Crippen LogP contribution is 2.33. The average molecular weight is 487 g/mol. The third kappa shape index (κ3) is 8.19. The number of halogens is 1. The zero-order valence-electron chi connectivity index (χ0n) is 15.7. The van der Waals surface area contributed by atoms with E-state index >= 15 is 0 Å². The quantitative estimate of drug-likeness (QED) is 0.311. The zero-order chi connectivity index (χ0) is 17.3. The number of aliphatic imine (C=N–C) groups is 1. The molecule has 148 valence electrons. The Kier molecular flexibility index (Phi) is 11.7. The van der Waals surface area contributed by atoms with E-state index in [1.165, 1.54) is 0 Å². The molecule has 0 amide bonds. The largest absolute Gasteiger partial charge is 0.381 e. The van der Waals surface area contributed by atoms with Gasteiger partial charge in [-0.25, -0.2) is 0 Å². The molecule has 2 atom stereocenters. The van der Waals surface area contributed by atoms with Crippen LogP contribution in [0.5, 0.6) is 0 Å². The molecule has 0 aromatic carbocycles. The second kappa shape index (κ2) is 12.6. The van der Waals surface area contributed by atoms with Crippen LogP contribution in [-0.4, -0.2) is 75.2 Å². The third-order valence-corrected chi connectivity index (χ3v) is 5.96. The molecule has 2 heterocycles. The van der Waals surface area contributed by atoms with Crippen LogP contribution in [0.15, 0.2) is 4.99 Å². The van der Waals surface area contributed by atoms with E-state index in [-0.39, 0.29) is 40.9 Å². The number of nitrogens with zero attached hydrogens (tertiary/aromatic N) is 1. The molecule has 0 saturated carbocycles. The molecule has 2 N–H and O–H groups in total. The van der Waals surface area contributed by atoms with Crippen molar-refractivity contribution in [2.24, 2.45) is 4.99 Å². The molecule has 0 aromatic heterocycles. The van der Waals surface area contributed by atoms with Crippen molar-refractivity contribution in [1.29, 1.82) is 0 Å². The molecule has 2 saturated heterocycles. The van der Waals surface area contributed by atoms with Gasteiger partial charge in [-0.3, -0.25) is 4.99 Å². The van der Waals surface area contributed by atoms with E-state index in [2.05, 4.69) is 30.7 Å². The van der Waals surface area contributed by atoms with Crippen LogP contribution >= 0.6 is 35.7 Å². The summed E-state index contributed by atoms with van der Waals surface area (Å²) < 4.78 is 16.9. The summed E-state index contributed by atoms with van der Waals surface area (Å²) in [7, 11) is 0. The van der Waals surface area contributed by atoms with Crippen LogP contribution in [0.1, 0.15) is 33.1 Å². The van der Waals surface area contributed by atoms with Crippen LogP contribution in [0.25, 0.3) is 0 Å². The van der Waals surface area contributed by atoms with E-state index in [9.17, 15) is 0 Å². The highest BCUT2D eigenvalue weighted by atomic mass is 127. The second-order valence-corrected chi connectivity index (χ2v) is 7.83. The van der Waals surface area contributed by atoms with Crippen LogP contribution in [0.2, 0.25) is 0 Å². The van der Waals surface area contributed by atoms with Crippen LogP contribution in [0.4, 0.5) is 0 Å². The predicted molar refractivity (Wildman–Crippen MR) is 115 cm³/mol. The van der Waals surface area contributed by atoms with Crippen molar-refractivity contribution in [3.05, 3.63) is 0 Å². The Bertz CT molecular complexity index is 389. The number of thioether (sulfide) groups is 1. The molecule has 0 spiro atoms. The highest BCUT2D eigenvalue weighted by Gasteiger charge is 2.31. The molecule has 0 aliphatic carbocycles. The zero-order valence-corrected chi connectivity index (χ0v) is 18.9. The van der Waals surface area contributed by atoms with Gasteiger partial charge in [-0.05, 0) is 39.4 Å². The van der Waals surface area contributed by atoms with Crippen LogP contribution in [0, 0.1) is 0 Å². The van der Waals surface area contributed by atoms with Crippen LogP contribution in [0.3, 0.4) is 0 Å². The lowest BCUT2D eigenvalue weighted by molar-refractivity contribution is 0.0347. The van der Waals surface area contributed by atoms with Crippen molar-refractivity contribution in [2.45, 2.75) is 50.0 Å². The molecule has 6 nitrogen and oxygen atoms in total. The molecule has 2 unspecified atom stereocenters. The Balaban J connectivity index is 0.00000312. The van der Waals surface area contributed by atoms with Gasteiger partial charge in [0.25, 0.3) is 0 Å². The normalized spacial score (nSPS) is 24.4. The molecular weight excluding hydrogens is 453 g/mol. The Morgan fingerprint density at radius 1 is 1.32 bits per heavy atom. The topological polar surface area (TPSA) is 64.1 Å². The Labute approximate surface area is 173 Å². The van der Waals surface area contributed by atoms with Crippen molar-refractivity contribution < 1.29 is 14.2 Å². The van der Waals surface area contributed by atoms with Gasteiger partial charge in [0.2, 0.25) is 0 Å². The lowest BCUT2D eigenvalue weighted by atomic mass is 9.99. The maximum Gasteiger partial charge on any atom is 0.191 e. The Morgan fingerprint density at radius 3 is 2.68 bits per heavy atom. The molecule has 2 rings (SSSR count). The standard InChI is InChI=1S/C17H33N3O3S.HI/c1-4-18-16(19-13-17(24-3)6-9-21-10-7-17)20-14(2)11-23-15-5-8-22-12-15;/h14-15H,4-13H2,1-3H3,(H2,18,19,20);1H. The first-order chi connectivity index (χ1) is 11.7. The number of ether oxygens (including phenoxy) is 3. The highest BCUT2D eigenvalue weighted by molar-refractivity contribution is 14.0. The number of guanidine groups is 1. The van der Waals surface area contributed by atoms with E-state index in [1.54, 1.807) is 0 Å². The summed E-state index contributed by atoms with van der Waals surface area (Å²) in [4.78, 5) is 4.84. The number of rotatable bonds is 8. The molecular formula is C17H34IN3O3S. The maximum absolute atomic E-state index is 5.89. The fraction of sp³-hybridized carbons (Fsp3) is 0.941. The minimum Gasteiger partial charge on any atom is -0.381 e. The first-order valence-electron chi connectivity index (χ1n) is 9.04. The van der Waals surface area contributed by atoms with E-state index < -0.39 is 0 Å². The van der Waals surface area contributed by atoms with E-state index in [0.29, 0.717) is 6.61 Å². The predicted octanol–water partition coefficient (Wildman–Crippen LogP) is 2.27. The lowest BCUT2D eigenvalue weighted by Crippen LogP contribution is -2.45. The Hall–Kier alpha value is 0.230. The van der Waals surface area contributed by atoms with Crippen molar-refractivity contribution >= 4 is 41.7 Å². The van der Waals surface area contributed by atoms with Crippen molar-refractivity contribution in [1.82, 2.24) is 10.6 Å². The molecule has 0 bridgehead atoms. The van der Waals surface area contributed by atoms with Gasteiger partial charge in [0.05, 0.1) is 25.9 Å². The van der Waals surface area contributed by atoms with E-state index in [0.717, 1.165) is 64.7 Å². The first-order valence-corrected chi connectivity index (χ1v) is 10.3. The second-order valence-electron chi connectivity index (χ2n) is 6.56. The van der Waals surface area contributed by atoms with E-state index in [4.69, 9.17) is 19.2 Å². The Morgan fingerprint density at radius 2 is 2.08 bits per heavy atom. The summed E-state index contributed by atoms with van der Waals surface area (Å²) in [5, 5.41) is 6.80. The van der Waals surface area contributed by atoms with Gasteiger partial charge in [0.1, 0.15) is 0 Å². The molecule has 0 aromatic rings. The molecule has 25 heavy (non-hydrogen) atoms. The van der Waals surface area contributed by atoms with Gasteiger partial charge in [-0.1, -0.05) is 0 Å². The van der Waals surface area contributed by atoms with E-state index in [1.807, 2.05) is 11.8 Å². The minimum atomic E-state index is 0. The van der Waals surface area contributed by atoms with Crippen LogP contribution in [-0.2, 0) is 14.2 Å². The number of nitrogens with one attached hydrogen (secondary N) is 2. The summed E-state index contributed by atoms with van der Waals surface area (Å²) in [6, 6.07) is 0.211. The summed E-state index contributed by atoms with van der Waals surface area (Å²) >= 11 is 1.92. The van der Waals surface area contributed by atoms with Gasteiger partial charge in [0, 0.05) is 37.2 Å².